The summed E-state index contributed by atoms with van der Waals surface area (Å²) in [6, 6.07) is 23.0. The summed E-state index contributed by atoms with van der Waals surface area (Å²) in [5.74, 6) is -0.269. The zero-order chi connectivity index (χ0) is 21.1. The van der Waals surface area contributed by atoms with Crippen molar-refractivity contribution in [1.29, 1.82) is 0 Å². The number of benzene rings is 3. The van der Waals surface area contributed by atoms with Crippen LogP contribution in [-0.4, -0.2) is 21.8 Å². The molecule has 0 spiro atoms. The van der Waals surface area contributed by atoms with Crippen LogP contribution in [0.3, 0.4) is 0 Å². The van der Waals surface area contributed by atoms with Gasteiger partial charge in [-0.05, 0) is 52.7 Å². The van der Waals surface area contributed by atoms with E-state index >= 15 is 0 Å². The van der Waals surface area contributed by atoms with Crippen LogP contribution in [0.15, 0.2) is 82.4 Å². The van der Waals surface area contributed by atoms with Gasteiger partial charge in [-0.3, -0.25) is 4.79 Å². The first kappa shape index (κ1) is 19.9. The van der Waals surface area contributed by atoms with E-state index in [4.69, 9.17) is 0 Å². The van der Waals surface area contributed by atoms with Crippen molar-refractivity contribution in [2.24, 2.45) is 5.10 Å². The summed E-state index contributed by atoms with van der Waals surface area (Å²) in [5, 5.41) is 14.8. The molecular weight excluding hydrogens is 442 g/mol. The first-order valence-corrected chi connectivity index (χ1v) is 10.3. The molecule has 6 heteroatoms. The van der Waals surface area contributed by atoms with Crippen molar-refractivity contribution >= 4 is 39.0 Å². The molecule has 2 N–H and O–H groups in total. The van der Waals surface area contributed by atoms with Crippen LogP contribution in [0, 0.1) is 6.92 Å². The number of halogens is 1. The molecule has 4 rings (SSSR count). The molecule has 3 aromatic carbocycles. The lowest BCUT2D eigenvalue weighted by Crippen LogP contribution is -2.17. The molecule has 0 unspecified atom stereocenters. The second-order valence-electron chi connectivity index (χ2n) is 6.95. The fourth-order valence-electron chi connectivity index (χ4n) is 3.46. The molecule has 0 radical (unpaired) electrons. The normalized spacial score (nSPS) is 11.3. The highest BCUT2D eigenvalue weighted by molar-refractivity contribution is 9.10. The minimum Gasteiger partial charge on any atom is -0.507 e. The predicted molar refractivity (Wildman–Crippen MR) is 123 cm³/mol. The fraction of sp³-hybridized carbons (Fsp3) is 0.0833. The number of aromatic hydroxyl groups is 1. The number of nitrogens with zero attached hydrogens (tertiary/aromatic N) is 2. The smallest absolute Gasteiger partial charge is 0.271 e. The van der Waals surface area contributed by atoms with Gasteiger partial charge in [0, 0.05) is 34.3 Å². The highest BCUT2D eigenvalue weighted by Gasteiger charge is 2.13. The van der Waals surface area contributed by atoms with Gasteiger partial charge < -0.3 is 9.67 Å². The standard InChI is InChI=1S/C24H20BrN3O2/c1-16-20(14-26-27-24(30)18-11-12-23(29)21(25)13-18)19-9-5-6-10-22(19)28(16)15-17-7-3-2-4-8-17/h2-14,29H,15H2,1H3,(H,27,30). The van der Waals surface area contributed by atoms with E-state index < -0.39 is 0 Å². The Bertz CT molecular complexity index is 1250. The van der Waals surface area contributed by atoms with Crippen molar-refractivity contribution in [3.05, 3.63) is 99.7 Å². The van der Waals surface area contributed by atoms with Crippen molar-refractivity contribution in [1.82, 2.24) is 9.99 Å². The monoisotopic (exact) mass is 461 g/mol. The fourth-order valence-corrected chi connectivity index (χ4v) is 3.84. The lowest BCUT2D eigenvalue weighted by molar-refractivity contribution is 0.0955. The Hall–Kier alpha value is -3.38. The maximum Gasteiger partial charge on any atom is 0.271 e. The number of phenolic OH excluding ortho intramolecular Hbond substituents is 1. The third-order valence-electron chi connectivity index (χ3n) is 5.03. The molecule has 0 bridgehead atoms. The van der Waals surface area contributed by atoms with Gasteiger partial charge in [0.15, 0.2) is 0 Å². The van der Waals surface area contributed by atoms with E-state index in [-0.39, 0.29) is 11.7 Å². The zero-order valence-electron chi connectivity index (χ0n) is 16.3. The molecule has 30 heavy (non-hydrogen) atoms. The maximum absolute atomic E-state index is 12.4. The summed E-state index contributed by atoms with van der Waals surface area (Å²) < 4.78 is 2.71. The molecular formula is C24H20BrN3O2. The van der Waals surface area contributed by atoms with Crippen molar-refractivity contribution in [3.8, 4) is 5.75 Å². The molecule has 1 aromatic heterocycles. The number of aromatic nitrogens is 1. The van der Waals surface area contributed by atoms with E-state index in [1.807, 2.05) is 30.3 Å². The third-order valence-corrected chi connectivity index (χ3v) is 5.67. The van der Waals surface area contributed by atoms with Crippen molar-refractivity contribution in [2.45, 2.75) is 13.5 Å². The van der Waals surface area contributed by atoms with Gasteiger partial charge in [-0.25, -0.2) is 5.43 Å². The molecule has 0 atom stereocenters. The van der Waals surface area contributed by atoms with Crippen LogP contribution >= 0.6 is 15.9 Å². The summed E-state index contributed by atoms with van der Waals surface area (Å²) >= 11 is 3.21. The minimum atomic E-state index is -0.349. The van der Waals surface area contributed by atoms with E-state index in [0.717, 1.165) is 28.7 Å². The van der Waals surface area contributed by atoms with E-state index in [1.54, 1.807) is 18.3 Å². The van der Waals surface area contributed by atoms with Crippen molar-refractivity contribution < 1.29 is 9.90 Å². The number of carbonyl (C=O) groups excluding carboxylic acids is 1. The number of para-hydroxylation sites is 1. The Labute approximate surface area is 182 Å². The molecule has 0 aliphatic heterocycles. The summed E-state index contributed by atoms with van der Waals surface area (Å²) in [6.45, 7) is 2.82. The van der Waals surface area contributed by atoms with Crippen LogP contribution in [0.5, 0.6) is 5.75 Å². The lowest BCUT2D eigenvalue weighted by Gasteiger charge is -2.08. The third kappa shape index (κ3) is 4.00. The van der Waals surface area contributed by atoms with Crippen LogP contribution in [0.4, 0.5) is 0 Å². The first-order chi connectivity index (χ1) is 14.5. The Balaban J connectivity index is 1.61. The number of phenols is 1. The van der Waals surface area contributed by atoms with Gasteiger partial charge in [0.1, 0.15) is 5.75 Å². The van der Waals surface area contributed by atoms with Gasteiger partial charge in [-0.2, -0.15) is 5.10 Å². The number of carbonyl (C=O) groups is 1. The average molecular weight is 462 g/mol. The zero-order valence-corrected chi connectivity index (χ0v) is 17.9. The summed E-state index contributed by atoms with van der Waals surface area (Å²) in [4.78, 5) is 12.4. The highest BCUT2D eigenvalue weighted by Crippen LogP contribution is 2.26. The Morgan fingerprint density at radius 2 is 1.83 bits per heavy atom. The van der Waals surface area contributed by atoms with Crippen LogP contribution in [-0.2, 0) is 6.54 Å². The number of hydrazone groups is 1. The second kappa shape index (κ2) is 8.55. The SMILES string of the molecule is Cc1c(C=NNC(=O)c2ccc(O)c(Br)c2)c2ccccc2n1Cc1ccccc1. The van der Waals surface area contributed by atoms with Crippen LogP contribution in [0.1, 0.15) is 27.2 Å². The topological polar surface area (TPSA) is 66.6 Å². The molecule has 0 aliphatic carbocycles. The molecule has 150 valence electrons. The molecule has 5 nitrogen and oxygen atoms in total. The quantitative estimate of drug-likeness (QED) is 0.315. The number of nitrogens with one attached hydrogen (secondary N) is 1. The van der Waals surface area contributed by atoms with Crippen molar-refractivity contribution in [3.63, 3.8) is 0 Å². The number of hydrogen-bond acceptors (Lipinski definition) is 3. The molecule has 4 aromatic rings. The summed E-state index contributed by atoms with van der Waals surface area (Å²) in [5.41, 5.74) is 7.35. The second-order valence-corrected chi connectivity index (χ2v) is 7.81. The number of rotatable bonds is 5. The average Bonchev–Trinajstić information content (AvgIpc) is 3.02. The number of fused-ring (bicyclic) bond motifs is 1. The Morgan fingerprint density at radius 3 is 2.60 bits per heavy atom. The van der Waals surface area contributed by atoms with Gasteiger partial charge in [-0.15, -0.1) is 0 Å². The number of amides is 1. The van der Waals surface area contributed by atoms with Gasteiger partial charge in [0.2, 0.25) is 0 Å². The van der Waals surface area contributed by atoms with Crippen LogP contribution in [0.2, 0.25) is 0 Å². The first-order valence-electron chi connectivity index (χ1n) is 9.48. The lowest BCUT2D eigenvalue weighted by atomic mass is 10.1. The van der Waals surface area contributed by atoms with Crippen LogP contribution < -0.4 is 5.43 Å². The molecule has 0 saturated carbocycles. The Kier molecular flexibility index (Phi) is 5.68. The summed E-state index contributed by atoms with van der Waals surface area (Å²) in [7, 11) is 0. The van der Waals surface area contributed by atoms with E-state index in [0.29, 0.717) is 10.0 Å². The molecule has 1 heterocycles. The molecule has 0 saturated heterocycles. The van der Waals surface area contributed by atoms with Crippen molar-refractivity contribution in [2.75, 3.05) is 0 Å². The largest absolute Gasteiger partial charge is 0.507 e. The van der Waals surface area contributed by atoms with Gasteiger partial charge >= 0.3 is 0 Å². The minimum absolute atomic E-state index is 0.0805. The van der Waals surface area contributed by atoms with E-state index in [1.165, 1.54) is 11.6 Å². The number of hydrogen-bond donors (Lipinski definition) is 2. The van der Waals surface area contributed by atoms with Gasteiger partial charge in [0.25, 0.3) is 5.91 Å². The van der Waals surface area contributed by atoms with Crippen LogP contribution in [0.25, 0.3) is 10.9 Å². The van der Waals surface area contributed by atoms with Gasteiger partial charge in [-0.1, -0.05) is 48.5 Å². The summed E-state index contributed by atoms with van der Waals surface area (Å²) in [6.07, 6.45) is 1.69. The highest BCUT2D eigenvalue weighted by atomic mass is 79.9. The van der Waals surface area contributed by atoms with E-state index in [9.17, 15) is 9.90 Å². The molecule has 0 fully saturated rings. The maximum atomic E-state index is 12.4. The van der Waals surface area contributed by atoms with E-state index in [2.05, 4.69) is 62.2 Å². The molecule has 0 aliphatic rings. The molecule has 1 amide bonds. The predicted octanol–water partition coefficient (Wildman–Crippen LogP) is 5.23. The van der Waals surface area contributed by atoms with Gasteiger partial charge in [0.05, 0.1) is 10.7 Å². The Morgan fingerprint density at radius 1 is 1.10 bits per heavy atom.